The second-order valence-corrected chi connectivity index (χ2v) is 9.33. The minimum Gasteiger partial charge on any atom is -0.374 e. The Hall–Kier alpha value is -0.560. The highest BCUT2D eigenvalue weighted by molar-refractivity contribution is 5.25. The summed E-state index contributed by atoms with van der Waals surface area (Å²) in [4.78, 5) is 0. The van der Waals surface area contributed by atoms with E-state index >= 15 is 0 Å². The molecule has 0 saturated heterocycles. The normalized spacial score (nSPS) is 48.9. The van der Waals surface area contributed by atoms with Crippen LogP contribution >= 0.6 is 0 Å². The van der Waals surface area contributed by atoms with E-state index < -0.39 is 0 Å². The van der Waals surface area contributed by atoms with Gasteiger partial charge in [-0.1, -0.05) is 38.0 Å². The van der Waals surface area contributed by atoms with Crippen LogP contribution in [0.5, 0.6) is 0 Å². The molecule has 0 spiro atoms. The summed E-state index contributed by atoms with van der Waals surface area (Å²) in [5.41, 5.74) is 2.88. The van der Waals surface area contributed by atoms with Gasteiger partial charge in [-0.25, -0.2) is 0 Å². The van der Waals surface area contributed by atoms with Crippen LogP contribution in [0.15, 0.2) is 24.3 Å². The summed E-state index contributed by atoms with van der Waals surface area (Å²) >= 11 is 0. The monoisotopic (exact) mass is 314 g/mol. The third-order valence-corrected chi connectivity index (χ3v) is 8.29. The van der Waals surface area contributed by atoms with Crippen molar-refractivity contribution < 1.29 is 4.74 Å². The third kappa shape index (κ3) is 2.46. The van der Waals surface area contributed by atoms with Crippen LogP contribution in [0.4, 0.5) is 0 Å². The predicted octanol–water partition coefficient (Wildman–Crippen LogP) is 5.91. The van der Waals surface area contributed by atoms with Crippen LogP contribution < -0.4 is 0 Å². The molecule has 128 valence electrons. The van der Waals surface area contributed by atoms with E-state index in [1.54, 1.807) is 5.57 Å². The van der Waals surface area contributed by atoms with E-state index in [1.807, 2.05) is 6.08 Å². The molecule has 1 nitrogen and oxygen atoms in total. The molecule has 0 radical (unpaired) electrons. The van der Waals surface area contributed by atoms with E-state index in [2.05, 4.69) is 26.5 Å². The standard InChI is InChI=1S/C22H34O/c1-4-14-23-17-9-13-22(3)16(15-17)7-8-18-19-6-5-11-21(19,2)12-10-20(18)22/h4,7,17-20H,1,5-6,8-15H2,2-3H3/t17-,18+,19+,20+,21+,22-/m0/s1. The number of ether oxygens (including phenoxy) is 1. The van der Waals surface area contributed by atoms with Gasteiger partial charge in [0.15, 0.2) is 0 Å². The topological polar surface area (TPSA) is 9.23 Å². The molecule has 6 atom stereocenters. The number of rotatable bonds is 3. The second-order valence-electron chi connectivity index (χ2n) is 9.33. The maximum Gasteiger partial charge on any atom is 0.0648 e. The van der Waals surface area contributed by atoms with E-state index in [0.717, 1.165) is 17.8 Å². The highest BCUT2D eigenvalue weighted by Gasteiger charge is 2.55. The van der Waals surface area contributed by atoms with Crippen molar-refractivity contribution in [3.63, 3.8) is 0 Å². The van der Waals surface area contributed by atoms with Gasteiger partial charge in [0, 0.05) is 0 Å². The van der Waals surface area contributed by atoms with Gasteiger partial charge in [0.25, 0.3) is 0 Å². The maximum atomic E-state index is 5.99. The van der Waals surface area contributed by atoms with Gasteiger partial charge in [-0.2, -0.15) is 0 Å². The zero-order valence-electron chi connectivity index (χ0n) is 15.2. The first-order valence-corrected chi connectivity index (χ1v) is 9.99. The average molecular weight is 315 g/mol. The summed E-state index contributed by atoms with van der Waals surface area (Å²) in [7, 11) is 0. The molecule has 4 rings (SSSR count). The Kier molecular flexibility index (Phi) is 3.99. The summed E-state index contributed by atoms with van der Waals surface area (Å²) in [6.07, 6.45) is 17.5. The highest BCUT2D eigenvalue weighted by Crippen LogP contribution is 2.64. The Balaban J connectivity index is 1.56. The lowest BCUT2D eigenvalue weighted by Crippen LogP contribution is -2.49. The molecule has 0 aliphatic heterocycles. The molecule has 0 heterocycles. The zero-order chi connectivity index (χ0) is 16.1. The summed E-state index contributed by atoms with van der Waals surface area (Å²) in [5.74, 6) is 2.92. The zero-order valence-corrected chi connectivity index (χ0v) is 15.2. The van der Waals surface area contributed by atoms with Crippen molar-refractivity contribution in [3.05, 3.63) is 24.3 Å². The Labute approximate surface area is 142 Å². The molecule has 4 aliphatic rings. The lowest BCUT2D eigenvalue weighted by Gasteiger charge is -2.57. The number of hydrogen-bond acceptors (Lipinski definition) is 1. The fourth-order valence-electron chi connectivity index (χ4n) is 6.97. The van der Waals surface area contributed by atoms with Gasteiger partial charge in [-0.05, 0) is 80.0 Å². The van der Waals surface area contributed by atoms with Crippen LogP contribution in [0.25, 0.3) is 0 Å². The van der Waals surface area contributed by atoms with Crippen molar-refractivity contribution in [2.24, 2.45) is 28.6 Å². The van der Waals surface area contributed by atoms with Crippen LogP contribution in [-0.2, 0) is 4.74 Å². The summed E-state index contributed by atoms with van der Waals surface area (Å²) in [6.45, 7) is 9.70. The van der Waals surface area contributed by atoms with Crippen molar-refractivity contribution in [2.45, 2.75) is 77.7 Å². The summed E-state index contributed by atoms with van der Waals surface area (Å²) in [5, 5.41) is 0. The highest BCUT2D eigenvalue weighted by atomic mass is 16.5. The molecule has 0 N–H and O–H groups in total. The van der Waals surface area contributed by atoms with Crippen LogP contribution in [0, 0.1) is 28.6 Å². The first kappa shape index (κ1) is 15.9. The van der Waals surface area contributed by atoms with Crippen LogP contribution in [0.3, 0.4) is 0 Å². The molecule has 0 amide bonds. The molecule has 0 aromatic carbocycles. The molecule has 0 aromatic rings. The second kappa shape index (κ2) is 5.76. The van der Waals surface area contributed by atoms with Gasteiger partial charge in [0.1, 0.15) is 0 Å². The van der Waals surface area contributed by atoms with Crippen molar-refractivity contribution in [1.82, 2.24) is 0 Å². The van der Waals surface area contributed by atoms with E-state index in [9.17, 15) is 0 Å². The predicted molar refractivity (Wildman–Crippen MR) is 96.3 cm³/mol. The van der Waals surface area contributed by atoms with E-state index in [0.29, 0.717) is 23.5 Å². The molecular formula is C22H34O. The van der Waals surface area contributed by atoms with Crippen LogP contribution in [-0.4, -0.2) is 12.7 Å². The van der Waals surface area contributed by atoms with Crippen LogP contribution in [0.2, 0.25) is 0 Å². The van der Waals surface area contributed by atoms with Crippen molar-refractivity contribution in [1.29, 1.82) is 0 Å². The van der Waals surface area contributed by atoms with Crippen molar-refractivity contribution >= 4 is 0 Å². The molecule has 23 heavy (non-hydrogen) atoms. The van der Waals surface area contributed by atoms with Gasteiger partial charge in [0.2, 0.25) is 0 Å². The summed E-state index contributed by atoms with van der Waals surface area (Å²) in [6, 6.07) is 0. The van der Waals surface area contributed by atoms with Gasteiger partial charge in [-0.3, -0.25) is 0 Å². The first-order valence-electron chi connectivity index (χ1n) is 9.99. The van der Waals surface area contributed by atoms with Crippen LogP contribution in [0.1, 0.15) is 71.6 Å². The maximum absolute atomic E-state index is 5.99. The molecule has 4 aliphatic carbocycles. The molecule has 0 unspecified atom stereocenters. The smallest absolute Gasteiger partial charge is 0.0648 e. The third-order valence-electron chi connectivity index (χ3n) is 8.29. The largest absolute Gasteiger partial charge is 0.374 e. The summed E-state index contributed by atoms with van der Waals surface area (Å²) < 4.78 is 5.99. The Bertz CT molecular complexity index is 506. The minimum absolute atomic E-state index is 0.434. The minimum atomic E-state index is 0.434. The molecular weight excluding hydrogens is 280 g/mol. The molecule has 0 aromatic heterocycles. The Morgan fingerprint density at radius 3 is 2.87 bits per heavy atom. The lowest BCUT2D eigenvalue weighted by molar-refractivity contribution is -0.0442. The van der Waals surface area contributed by atoms with E-state index in [4.69, 9.17) is 4.74 Å². The van der Waals surface area contributed by atoms with Gasteiger partial charge >= 0.3 is 0 Å². The molecule has 0 bridgehead atoms. The molecule has 1 heteroatoms. The van der Waals surface area contributed by atoms with E-state index in [1.165, 1.54) is 57.8 Å². The molecule has 3 fully saturated rings. The number of hydrogen-bond donors (Lipinski definition) is 0. The van der Waals surface area contributed by atoms with Gasteiger partial charge in [0.05, 0.1) is 12.7 Å². The average Bonchev–Trinajstić information content (AvgIpc) is 2.94. The fourth-order valence-corrected chi connectivity index (χ4v) is 6.97. The van der Waals surface area contributed by atoms with Gasteiger partial charge in [-0.15, -0.1) is 6.58 Å². The first-order chi connectivity index (χ1) is 11.1. The Morgan fingerprint density at radius 1 is 1.17 bits per heavy atom. The van der Waals surface area contributed by atoms with Crippen molar-refractivity contribution in [3.8, 4) is 0 Å². The Morgan fingerprint density at radius 2 is 2.04 bits per heavy atom. The molecule has 3 saturated carbocycles. The number of fused-ring (bicyclic) bond motifs is 5. The number of allylic oxidation sites excluding steroid dienone is 1. The van der Waals surface area contributed by atoms with Crippen molar-refractivity contribution in [2.75, 3.05) is 6.61 Å². The van der Waals surface area contributed by atoms with Gasteiger partial charge < -0.3 is 4.74 Å². The lowest BCUT2D eigenvalue weighted by atomic mass is 9.48. The van der Waals surface area contributed by atoms with E-state index in [-0.39, 0.29) is 0 Å². The quantitative estimate of drug-likeness (QED) is 0.588. The fraction of sp³-hybridized carbons (Fsp3) is 0.818. The SMILES string of the molecule is C=CCO[C@H]1CC[C@@]2(C)C(=CC[C@@H]3[C@H]4CCC[C@]4(C)CC[C@H]32)C1.